The summed E-state index contributed by atoms with van der Waals surface area (Å²) < 4.78 is 21.7. The van der Waals surface area contributed by atoms with Crippen molar-refractivity contribution in [3.63, 3.8) is 0 Å². The third-order valence-corrected chi connectivity index (χ3v) is 6.70. The first-order valence-corrected chi connectivity index (χ1v) is 12.2. The Morgan fingerprint density at radius 1 is 0.763 bits per heavy atom. The van der Waals surface area contributed by atoms with Crippen LogP contribution in [0.3, 0.4) is 0 Å². The van der Waals surface area contributed by atoms with Gasteiger partial charge in [0.05, 0.1) is 41.4 Å². The minimum absolute atomic E-state index is 0.0544. The van der Waals surface area contributed by atoms with E-state index in [1.54, 1.807) is 35.2 Å². The second kappa shape index (κ2) is 9.60. The normalized spacial score (nSPS) is 16.0. The van der Waals surface area contributed by atoms with Crippen LogP contribution in [0.1, 0.15) is 5.56 Å². The minimum Gasteiger partial charge on any atom is -0.378 e. The summed E-state index contributed by atoms with van der Waals surface area (Å²) in [7, 11) is 0. The summed E-state index contributed by atoms with van der Waals surface area (Å²) >= 11 is 0. The van der Waals surface area contributed by atoms with Crippen molar-refractivity contribution in [3.8, 4) is 16.9 Å². The number of carbonyl (C=O) groups excluding carboxylic acids is 2. The number of nitrogens with one attached hydrogen (secondary N) is 1. The zero-order chi connectivity index (χ0) is 26.2. The zero-order valence-corrected chi connectivity index (χ0v) is 20.3. The molecule has 3 heterocycles. The average Bonchev–Trinajstić information content (AvgIpc) is 3.42. The Morgan fingerprint density at radius 3 is 2.08 bits per heavy atom. The van der Waals surface area contributed by atoms with Crippen LogP contribution in [-0.4, -0.2) is 52.8 Å². The molecule has 0 spiro atoms. The first-order chi connectivity index (χ1) is 18.6. The molecule has 0 saturated carbocycles. The predicted molar refractivity (Wildman–Crippen MR) is 140 cm³/mol. The maximum atomic E-state index is 14.9. The molecule has 190 valence electrons. The van der Waals surface area contributed by atoms with Crippen LogP contribution in [0.25, 0.3) is 22.5 Å². The molecule has 0 unspecified atom stereocenters. The molecule has 8 nitrogen and oxygen atoms in total. The first-order valence-electron chi connectivity index (χ1n) is 12.2. The molecule has 9 heteroatoms. The van der Waals surface area contributed by atoms with Crippen molar-refractivity contribution in [1.82, 2.24) is 14.7 Å². The van der Waals surface area contributed by atoms with E-state index in [-0.39, 0.29) is 22.5 Å². The van der Waals surface area contributed by atoms with Crippen LogP contribution in [0.4, 0.5) is 10.1 Å². The number of carbonyl (C=O) groups is 2. The average molecular weight is 511 g/mol. The molecule has 0 radical (unpaired) electrons. The number of aromatic amines is 1. The molecule has 1 aromatic heterocycles. The number of halogens is 1. The first kappa shape index (κ1) is 23.6. The molecule has 2 amide bonds. The van der Waals surface area contributed by atoms with Crippen molar-refractivity contribution in [2.24, 2.45) is 0 Å². The largest absolute Gasteiger partial charge is 0.378 e. The molecule has 0 aliphatic carbocycles. The summed E-state index contributed by atoms with van der Waals surface area (Å²) in [4.78, 5) is 44.5. The van der Waals surface area contributed by atoms with E-state index in [0.29, 0.717) is 43.2 Å². The Bertz CT molecular complexity index is 1620. The molecule has 38 heavy (non-hydrogen) atoms. The lowest BCUT2D eigenvalue weighted by molar-refractivity contribution is -0.121. The van der Waals surface area contributed by atoms with Gasteiger partial charge in [-0.25, -0.2) is 14.0 Å². The fourth-order valence-corrected chi connectivity index (χ4v) is 4.92. The van der Waals surface area contributed by atoms with Crippen molar-refractivity contribution in [2.75, 3.05) is 31.2 Å². The number of ether oxygens (including phenoxy) is 1. The van der Waals surface area contributed by atoms with Gasteiger partial charge in [-0.2, -0.15) is 0 Å². The topological polar surface area (TPSA) is 87.6 Å². The summed E-state index contributed by atoms with van der Waals surface area (Å²) in [5, 5.41) is 3.16. The Morgan fingerprint density at radius 2 is 1.39 bits per heavy atom. The second-order valence-electron chi connectivity index (χ2n) is 8.92. The lowest BCUT2D eigenvalue weighted by atomic mass is 10.00. The Labute approximate surface area is 217 Å². The van der Waals surface area contributed by atoms with E-state index in [0.717, 1.165) is 4.90 Å². The van der Waals surface area contributed by atoms with E-state index < -0.39 is 23.2 Å². The number of aromatic nitrogens is 2. The molecule has 3 aromatic carbocycles. The van der Waals surface area contributed by atoms with Gasteiger partial charge >= 0.3 is 0 Å². The van der Waals surface area contributed by atoms with Gasteiger partial charge in [-0.3, -0.25) is 19.5 Å². The number of hydrogen-bond acceptors (Lipinski definition) is 5. The standard InChI is InChI=1S/C29H23FN4O4/c30-21-13-7-8-14-22(21)33-27(35)24(26(29(33)37)32-15-17-38-18-16-32)23-25(19-9-3-1-4-10-19)31-34(28(23)36)20-11-5-2-6-12-20/h1-14,31H,15-18H2. The van der Waals surface area contributed by atoms with Crippen molar-refractivity contribution < 1.29 is 18.7 Å². The SMILES string of the molecule is O=C1C(c2c(-c3ccccc3)[nH]n(-c3ccccc3)c2=O)=C(N2CCOCC2)C(=O)N1c1ccccc1F. The maximum absolute atomic E-state index is 14.9. The number of para-hydroxylation sites is 2. The molecular weight excluding hydrogens is 487 g/mol. The van der Waals surface area contributed by atoms with E-state index in [1.807, 2.05) is 36.4 Å². The van der Waals surface area contributed by atoms with Crippen molar-refractivity contribution in [3.05, 3.63) is 112 Å². The highest BCUT2D eigenvalue weighted by molar-refractivity contribution is 6.46. The number of imide groups is 1. The van der Waals surface area contributed by atoms with Crippen LogP contribution in [-0.2, 0) is 14.3 Å². The van der Waals surface area contributed by atoms with E-state index in [4.69, 9.17) is 4.74 Å². The van der Waals surface area contributed by atoms with Crippen LogP contribution in [0.2, 0.25) is 0 Å². The van der Waals surface area contributed by atoms with Gasteiger partial charge in [-0.15, -0.1) is 0 Å². The number of amides is 2. The molecule has 1 saturated heterocycles. The molecule has 2 aliphatic rings. The Balaban J connectivity index is 1.63. The van der Waals surface area contributed by atoms with Crippen LogP contribution < -0.4 is 10.5 Å². The van der Waals surface area contributed by atoms with E-state index in [1.165, 1.54) is 22.9 Å². The molecule has 0 atom stereocenters. The quantitative estimate of drug-likeness (QED) is 0.415. The number of anilines is 1. The number of morpholine rings is 1. The highest BCUT2D eigenvalue weighted by atomic mass is 19.1. The lowest BCUT2D eigenvalue weighted by Crippen LogP contribution is -2.40. The second-order valence-corrected chi connectivity index (χ2v) is 8.92. The van der Waals surface area contributed by atoms with E-state index >= 15 is 0 Å². The Kier molecular flexibility index (Phi) is 5.97. The van der Waals surface area contributed by atoms with Gasteiger partial charge in [0, 0.05) is 18.7 Å². The highest BCUT2D eigenvalue weighted by Crippen LogP contribution is 2.38. The number of nitrogens with zero attached hydrogens (tertiary/aromatic N) is 3. The number of H-pyrrole nitrogens is 1. The molecule has 0 bridgehead atoms. The van der Waals surface area contributed by atoms with Gasteiger partial charge in [0.2, 0.25) is 0 Å². The monoisotopic (exact) mass is 510 g/mol. The van der Waals surface area contributed by atoms with Gasteiger partial charge in [0.1, 0.15) is 11.5 Å². The van der Waals surface area contributed by atoms with Gasteiger partial charge in [-0.05, 0) is 24.3 Å². The van der Waals surface area contributed by atoms with E-state index in [2.05, 4.69) is 5.10 Å². The number of benzene rings is 3. The van der Waals surface area contributed by atoms with Gasteiger partial charge in [0.15, 0.2) is 0 Å². The molecule has 6 rings (SSSR count). The van der Waals surface area contributed by atoms with Crippen LogP contribution >= 0.6 is 0 Å². The predicted octanol–water partition coefficient (Wildman–Crippen LogP) is 3.59. The number of hydrogen-bond donors (Lipinski definition) is 1. The molecule has 1 N–H and O–H groups in total. The van der Waals surface area contributed by atoms with Gasteiger partial charge in [-0.1, -0.05) is 60.7 Å². The summed E-state index contributed by atoms with van der Waals surface area (Å²) in [5.41, 5.74) is 1.01. The van der Waals surface area contributed by atoms with Gasteiger partial charge < -0.3 is 9.64 Å². The van der Waals surface area contributed by atoms with Crippen molar-refractivity contribution in [2.45, 2.75) is 0 Å². The van der Waals surface area contributed by atoms with E-state index in [9.17, 15) is 18.8 Å². The smallest absolute Gasteiger partial charge is 0.282 e. The van der Waals surface area contributed by atoms with Crippen LogP contribution in [0.15, 0.2) is 95.4 Å². The number of rotatable bonds is 5. The fourth-order valence-electron chi connectivity index (χ4n) is 4.92. The van der Waals surface area contributed by atoms with Crippen molar-refractivity contribution >= 4 is 23.1 Å². The zero-order valence-electron chi connectivity index (χ0n) is 20.3. The molecule has 1 fully saturated rings. The Hall–Kier alpha value is -4.76. The minimum atomic E-state index is -0.755. The molecule has 2 aliphatic heterocycles. The highest BCUT2D eigenvalue weighted by Gasteiger charge is 2.46. The lowest BCUT2D eigenvalue weighted by Gasteiger charge is -2.29. The summed E-state index contributed by atoms with van der Waals surface area (Å²) in [6, 6.07) is 23.7. The summed E-state index contributed by atoms with van der Waals surface area (Å²) in [5.74, 6) is -2.14. The fraction of sp³-hybridized carbons (Fsp3) is 0.138. The third kappa shape index (κ3) is 3.84. The molecular formula is C29H23FN4O4. The summed E-state index contributed by atoms with van der Waals surface area (Å²) in [6.07, 6.45) is 0. The molecule has 4 aromatic rings. The van der Waals surface area contributed by atoms with Gasteiger partial charge in [0.25, 0.3) is 17.4 Å². The van der Waals surface area contributed by atoms with Crippen molar-refractivity contribution in [1.29, 1.82) is 0 Å². The van der Waals surface area contributed by atoms with Crippen LogP contribution in [0.5, 0.6) is 0 Å². The summed E-state index contributed by atoms with van der Waals surface area (Å²) in [6.45, 7) is 1.40. The maximum Gasteiger partial charge on any atom is 0.282 e. The van der Waals surface area contributed by atoms with Crippen LogP contribution in [0, 0.1) is 5.82 Å². The third-order valence-electron chi connectivity index (χ3n) is 6.70.